The lowest BCUT2D eigenvalue weighted by Gasteiger charge is -2.11. The number of carbonyl (C=O) groups excluding carboxylic acids is 1. The molecule has 0 atom stereocenters. The lowest BCUT2D eigenvalue weighted by atomic mass is 10.2. The molecular weight excluding hydrogens is 406 g/mol. The average Bonchev–Trinajstić information content (AvgIpc) is 2.97. The highest BCUT2D eigenvalue weighted by Crippen LogP contribution is 2.26. The molecule has 1 N–H and O–H groups in total. The number of nitrogens with one attached hydrogen (secondary N) is 1. The van der Waals surface area contributed by atoms with Gasteiger partial charge in [-0.1, -0.05) is 6.07 Å². The van der Waals surface area contributed by atoms with E-state index in [4.69, 9.17) is 9.47 Å². The van der Waals surface area contributed by atoms with Crippen LogP contribution in [0, 0.1) is 0 Å². The van der Waals surface area contributed by atoms with Crippen molar-refractivity contribution in [3.63, 3.8) is 0 Å². The lowest BCUT2D eigenvalue weighted by Crippen LogP contribution is -2.07. The van der Waals surface area contributed by atoms with Crippen LogP contribution in [0.15, 0.2) is 33.2 Å². The van der Waals surface area contributed by atoms with Crippen LogP contribution in [0.5, 0.6) is 5.75 Å². The summed E-state index contributed by atoms with van der Waals surface area (Å²) in [5, 5.41) is 6.60. The maximum Gasteiger partial charge on any atom is 0.311 e. The second-order valence-corrected chi connectivity index (χ2v) is 7.06. The Morgan fingerprint density at radius 2 is 2.28 bits per heavy atom. The van der Waals surface area contributed by atoms with Crippen molar-refractivity contribution in [2.75, 3.05) is 12.0 Å². The van der Waals surface area contributed by atoms with Gasteiger partial charge in [-0.15, -0.1) is 11.3 Å². The monoisotopic (exact) mass is 425 g/mol. The predicted molar refractivity (Wildman–Crippen MR) is 104 cm³/mol. The molecule has 25 heavy (non-hydrogen) atoms. The molecule has 0 spiro atoms. The number of carbonyl (C=O) groups is 1. The molecular formula is C17H20BrN3O3S. The summed E-state index contributed by atoms with van der Waals surface area (Å²) >= 11 is 4.85. The number of anilines is 1. The molecule has 0 bridgehead atoms. The molecule has 1 aromatic heterocycles. The first-order valence-electron chi connectivity index (χ1n) is 7.83. The van der Waals surface area contributed by atoms with Gasteiger partial charge in [-0.25, -0.2) is 4.98 Å². The number of nitrogens with zero attached hydrogens (tertiary/aromatic N) is 2. The summed E-state index contributed by atoms with van der Waals surface area (Å²) in [6.07, 6.45) is 1.94. The van der Waals surface area contributed by atoms with Gasteiger partial charge in [0.2, 0.25) is 5.13 Å². The first kappa shape index (κ1) is 19.4. The van der Waals surface area contributed by atoms with Crippen molar-refractivity contribution < 1.29 is 14.3 Å². The number of benzene rings is 1. The van der Waals surface area contributed by atoms with E-state index in [0.29, 0.717) is 17.4 Å². The molecule has 1 aromatic carbocycles. The third kappa shape index (κ3) is 6.47. The molecule has 0 radical (unpaired) electrons. The van der Waals surface area contributed by atoms with Gasteiger partial charge in [0.05, 0.1) is 35.5 Å². The molecule has 0 amide bonds. The van der Waals surface area contributed by atoms with E-state index in [0.717, 1.165) is 15.8 Å². The number of halogens is 1. The van der Waals surface area contributed by atoms with Gasteiger partial charge in [0.15, 0.2) is 0 Å². The fourth-order valence-corrected chi connectivity index (χ4v) is 2.91. The molecule has 0 saturated carbocycles. The number of esters is 1. The Morgan fingerprint density at radius 3 is 3.00 bits per heavy atom. The second kappa shape index (κ2) is 9.53. The van der Waals surface area contributed by atoms with Gasteiger partial charge in [0, 0.05) is 5.38 Å². The molecule has 6 nitrogen and oxygen atoms in total. The molecule has 0 fully saturated rings. The zero-order chi connectivity index (χ0) is 18.2. The first-order valence-corrected chi connectivity index (χ1v) is 9.50. The number of hydrogen-bond acceptors (Lipinski definition) is 7. The maximum atomic E-state index is 11.4. The van der Waals surface area contributed by atoms with Gasteiger partial charge < -0.3 is 9.47 Å². The summed E-state index contributed by atoms with van der Waals surface area (Å²) in [7, 11) is 0. The van der Waals surface area contributed by atoms with Crippen LogP contribution in [0.4, 0.5) is 5.13 Å². The number of thiazole rings is 1. The molecule has 0 unspecified atom stereocenters. The lowest BCUT2D eigenvalue weighted by molar-refractivity contribution is -0.142. The number of hydrazone groups is 1. The smallest absolute Gasteiger partial charge is 0.311 e. The van der Waals surface area contributed by atoms with Crippen molar-refractivity contribution in [2.24, 2.45) is 5.10 Å². The van der Waals surface area contributed by atoms with Gasteiger partial charge in [0.1, 0.15) is 5.75 Å². The SMILES string of the molecule is CCOC(=O)Cc1csc(NN=Cc2ccc(Br)c(OC(C)C)c2)n1. The van der Waals surface area contributed by atoms with Crippen molar-refractivity contribution in [1.82, 2.24) is 4.98 Å². The fourth-order valence-electron chi connectivity index (χ4n) is 1.91. The molecule has 0 saturated heterocycles. The zero-order valence-corrected chi connectivity index (χ0v) is 16.7. The van der Waals surface area contributed by atoms with Crippen molar-refractivity contribution >= 4 is 44.6 Å². The molecule has 0 aliphatic rings. The van der Waals surface area contributed by atoms with E-state index in [2.05, 4.69) is 31.4 Å². The number of hydrogen-bond donors (Lipinski definition) is 1. The van der Waals surface area contributed by atoms with Crippen molar-refractivity contribution in [1.29, 1.82) is 0 Å². The van der Waals surface area contributed by atoms with Crippen LogP contribution in [0.1, 0.15) is 32.0 Å². The first-order chi connectivity index (χ1) is 12.0. The molecule has 2 aromatic rings. The highest BCUT2D eigenvalue weighted by atomic mass is 79.9. The molecule has 0 aliphatic heterocycles. The van der Waals surface area contributed by atoms with Gasteiger partial charge in [-0.3, -0.25) is 10.2 Å². The van der Waals surface area contributed by atoms with E-state index in [1.54, 1.807) is 13.1 Å². The molecule has 2 rings (SSSR count). The molecule has 1 heterocycles. The number of aromatic nitrogens is 1. The predicted octanol–water partition coefficient (Wildman–Crippen LogP) is 4.24. The van der Waals surface area contributed by atoms with Crippen LogP contribution < -0.4 is 10.2 Å². The van der Waals surface area contributed by atoms with Crippen molar-refractivity contribution in [3.05, 3.63) is 39.3 Å². The summed E-state index contributed by atoms with van der Waals surface area (Å²) < 4.78 is 11.5. The number of rotatable bonds is 8. The van der Waals surface area contributed by atoms with Crippen LogP contribution in [0.2, 0.25) is 0 Å². The summed E-state index contributed by atoms with van der Waals surface area (Å²) in [5.41, 5.74) is 4.43. The minimum atomic E-state index is -0.282. The highest BCUT2D eigenvalue weighted by Gasteiger charge is 2.08. The Hall–Kier alpha value is -1.93. The summed E-state index contributed by atoms with van der Waals surface area (Å²) in [6, 6.07) is 5.75. The van der Waals surface area contributed by atoms with E-state index < -0.39 is 0 Å². The van der Waals surface area contributed by atoms with Crippen LogP contribution in [0.25, 0.3) is 0 Å². The van der Waals surface area contributed by atoms with Crippen LogP contribution in [-0.2, 0) is 16.0 Å². The standard InChI is InChI=1S/C17H20BrN3O3S/c1-4-23-16(22)8-13-10-25-17(20-13)21-19-9-12-5-6-14(18)15(7-12)24-11(2)3/h5-7,9-11H,4,8H2,1-3H3,(H,20,21). The number of ether oxygens (including phenoxy) is 2. The Labute approximate surface area is 159 Å². The van der Waals surface area contributed by atoms with Gasteiger partial charge in [0.25, 0.3) is 0 Å². The van der Waals surface area contributed by atoms with Gasteiger partial charge in [-0.2, -0.15) is 5.10 Å². The normalized spacial score (nSPS) is 11.1. The minimum absolute atomic E-state index is 0.0924. The molecule has 134 valence electrons. The van der Waals surface area contributed by atoms with Crippen LogP contribution in [0.3, 0.4) is 0 Å². The Kier molecular flexibility index (Phi) is 7.39. The molecule has 8 heteroatoms. The Bertz CT molecular complexity index is 746. The quantitative estimate of drug-likeness (QED) is 0.388. The van der Waals surface area contributed by atoms with Gasteiger partial charge in [-0.05, 0) is 54.4 Å². The van der Waals surface area contributed by atoms with E-state index in [1.807, 2.05) is 37.4 Å². The van der Waals surface area contributed by atoms with E-state index in [-0.39, 0.29) is 18.5 Å². The van der Waals surface area contributed by atoms with E-state index >= 15 is 0 Å². The van der Waals surface area contributed by atoms with Crippen molar-refractivity contribution in [3.8, 4) is 5.75 Å². The summed E-state index contributed by atoms with van der Waals surface area (Å²) in [6.45, 7) is 6.10. The third-order valence-electron chi connectivity index (χ3n) is 2.87. The van der Waals surface area contributed by atoms with E-state index in [1.165, 1.54) is 11.3 Å². The second-order valence-electron chi connectivity index (χ2n) is 5.35. The van der Waals surface area contributed by atoms with E-state index in [9.17, 15) is 4.79 Å². The Morgan fingerprint density at radius 1 is 1.48 bits per heavy atom. The molecule has 0 aliphatic carbocycles. The average molecular weight is 426 g/mol. The summed E-state index contributed by atoms with van der Waals surface area (Å²) in [4.78, 5) is 15.7. The Balaban J connectivity index is 1.95. The van der Waals surface area contributed by atoms with Crippen molar-refractivity contribution in [2.45, 2.75) is 33.3 Å². The zero-order valence-electron chi connectivity index (χ0n) is 14.3. The largest absolute Gasteiger partial charge is 0.490 e. The van der Waals surface area contributed by atoms with Crippen LogP contribution in [-0.4, -0.2) is 29.9 Å². The summed E-state index contributed by atoms with van der Waals surface area (Å²) in [5.74, 6) is 0.486. The van der Waals surface area contributed by atoms with Crippen LogP contribution >= 0.6 is 27.3 Å². The van der Waals surface area contributed by atoms with Gasteiger partial charge >= 0.3 is 5.97 Å². The topological polar surface area (TPSA) is 72.8 Å². The third-order valence-corrected chi connectivity index (χ3v) is 4.33. The highest BCUT2D eigenvalue weighted by molar-refractivity contribution is 9.10. The minimum Gasteiger partial charge on any atom is -0.490 e. The fraction of sp³-hybridized carbons (Fsp3) is 0.353. The maximum absolute atomic E-state index is 11.4.